The summed E-state index contributed by atoms with van der Waals surface area (Å²) in [6.45, 7) is 12.1. The predicted molar refractivity (Wildman–Crippen MR) is 146 cm³/mol. The first-order chi connectivity index (χ1) is 16.8. The molecule has 7 nitrogen and oxygen atoms in total. The maximum Gasteiger partial charge on any atom is 0.243 e. The molecule has 0 spiro atoms. The normalized spacial score (nSPS) is 12.3. The average molecular weight is 516 g/mol. The Morgan fingerprint density at radius 3 is 2.25 bits per heavy atom. The van der Waals surface area contributed by atoms with Crippen LogP contribution in [-0.4, -0.2) is 50.0 Å². The predicted octanol–water partition coefficient (Wildman–Crippen LogP) is 4.49. The second-order valence-corrected chi connectivity index (χ2v) is 11.7. The van der Waals surface area contributed by atoms with E-state index in [1.165, 1.54) is 10.6 Å². The summed E-state index contributed by atoms with van der Waals surface area (Å²) < 4.78 is 26.4. The summed E-state index contributed by atoms with van der Waals surface area (Å²) in [7, 11) is -3.52. The Bertz CT molecular complexity index is 1160. The van der Waals surface area contributed by atoms with Crippen molar-refractivity contribution >= 4 is 27.5 Å². The van der Waals surface area contributed by atoms with Crippen LogP contribution in [0.2, 0.25) is 0 Å². The van der Waals surface area contributed by atoms with Crippen LogP contribution in [0.15, 0.2) is 42.5 Å². The first-order valence-electron chi connectivity index (χ1n) is 12.5. The van der Waals surface area contributed by atoms with E-state index in [2.05, 4.69) is 5.32 Å². The van der Waals surface area contributed by atoms with Gasteiger partial charge in [-0.2, -0.15) is 0 Å². The third-order valence-corrected chi connectivity index (χ3v) is 7.38. The quantitative estimate of drug-likeness (QED) is 0.451. The van der Waals surface area contributed by atoms with Crippen molar-refractivity contribution < 1.29 is 18.0 Å². The minimum Gasteiger partial charge on any atom is -0.352 e. The number of benzene rings is 2. The lowest BCUT2D eigenvalue weighted by Crippen LogP contribution is -2.50. The number of hydrogen-bond acceptors (Lipinski definition) is 4. The van der Waals surface area contributed by atoms with E-state index in [1.54, 1.807) is 11.0 Å². The zero-order valence-electron chi connectivity index (χ0n) is 22.7. The van der Waals surface area contributed by atoms with Crippen molar-refractivity contribution in [1.29, 1.82) is 0 Å². The molecule has 0 bridgehead atoms. The van der Waals surface area contributed by atoms with Gasteiger partial charge < -0.3 is 10.2 Å². The van der Waals surface area contributed by atoms with Gasteiger partial charge in [-0.15, -0.1) is 0 Å². The zero-order chi connectivity index (χ0) is 27.0. The zero-order valence-corrected chi connectivity index (χ0v) is 23.5. The first kappa shape index (κ1) is 29.4. The minimum absolute atomic E-state index is 0.0382. The number of hydrogen-bond donors (Lipinski definition) is 1. The van der Waals surface area contributed by atoms with Crippen molar-refractivity contribution in [3.8, 4) is 0 Å². The van der Waals surface area contributed by atoms with Crippen molar-refractivity contribution in [1.82, 2.24) is 10.2 Å². The van der Waals surface area contributed by atoms with Crippen molar-refractivity contribution in [2.24, 2.45) is 0 Å². The van der Waals surface area contributed by atoms with Crippen LogP contribution in [0.4, 0.5) is 5.69 Å². The van der Waals surface area contributed by atoms with E-state index in [0.717, 1.165) is 22.3 Å². The summed E-state index contributed by atoms with van der Waals surface area (Å²) in [6, 6.07) is 12.8. The molecule has 2 amide bonds. The van der Waals surface area contributed by atoms with Gasteiger partial charge in [0.15, 0.2) is 0 Å². The molecule has 2 aromatic rings. The van der Waals surface area contributed by atoms with Gasteiger partial charge in [0.1, 0.15) is 6.04 Å². The number of nitrogens with one attached hydrogen (secondary N) is 1. The second-order valence-electron chi connectivity index (χ2n) is 9.81. The Hall–Kier alpha value is -2.87. The van der Waals surface area contributed by atoms with Gasteiger partial charge in [-0.1, -0.05) is 42.8 Å². The van der Waals surface area contributed by atoms with Crippen LogP contribution in [0.5, 0.6) is 0 Å². The van der Waals surface area contributed by atoms with Gasteiger partial charge >= 0.3 is 0 Å². The summed E-state index contributed by atoms with van der Waals surface area (Å²) in [5, 5.41) is 2.93. The van der Waals surface area contributed by atoms with Crippen molar-refractivity contribution in [3.05, 3.63) is 64.7 Å². The lowest BCUT2D eigenvalue weighted by atomic mass is 10.1. The molecule has 0 aliphatic heterocycles. The van der Waals surface area contributed by atoms with E-state index in [4.69, 9.17) is 0 Å². The Kier molecular flexibility index (Phi) is 10.5. The molecule has 198 valence electrons. The molecule has 0 saturated carbocycles. The number of amides is 2. The molecule has 1 atom stereocenters. The van der Waals surface area contributed by atoms with Crippen LogP contribution in [0, 0.1) is 20.8 Å². The van der Waals surface area contributed by atoms with Crippen LogP contribution in [0.1, 0.15) is 62.3 Å². The third kappa shape index (κ3) is 8.36. The van der Waals surface area contributed by atoms with E-state index in [9.17, 15) is 18.0 Å². The van der Waals surface area contributed by atoms with Crippen LogP contribution < -0.4 is 9.62 Å². The standard InChI is InChI=1S/C28H41N3O4S/c1-8-26(28(33)29-20(2)3)30(19-24-12-9-11-21(4)17-24)27(32)13-10-16-31(36(7,34)35)25-15-14-22(5)23(6)18-25/h9,11-12,14-15,17-18,20,26H,8,10,13,16,19H2,1-7H3,(H,29,33)/t26-/m1/s1. The Labute approximate surface area is 216 Å². The maximum atomic E-state index is 13.5. The van der Waals surface area contributed by atoms with Gasteiger partial charge in [0.05, 0.1) is 11.9 Å². The topological polar surface area (TPSA) is 86.8 Å². The van der Waals surface area contributed by atoms with Gasteiger partial charge in [-0.3, -0.25) is 13.9 Å². The van der Waals surface area contributed by atoms with Crippen molar-refractivity contribution in [3.63, 3.8) is 0 Å². The minimum atomic E-state index is -3.52. The molecular weight excluding hydrogens is 474 g/mol. The van der Waals surface area contributed by atoms with Gasteiger partial charge in [0.25, 0.3) is 0 Å². The second kappa shape index (κ2) is 12.9. The molecular formula is C28H41N3O4S. The van der Waals surface area contributed by atoms with E-state index >= 15 is 0 Å². The highest BCUT2D eigenvalue weighted by molar-refractivity contribution is 7.92. The van der Waals surface area contributed by atoms with Crippen LogP contribution in [0.3, 0.4) is 0 Å². The lowest BCUT2D eigenvalue weighted by Gasteiger charge is -2.31. The Morgan fingerprint density at radius 1 is 1.00 bits per heavy atom. The maximum absolute atomic E-state index is 13.5. The number of rotatable bonds is 12. The molecule has 1 N–H and O–H groups in total. The summed E-state index contributed by atoms with van der Waals surface area (Å²) in [5.41, 5.74) is 4.71. The van der Waals surface area contributed by atoms with Crippen LogP contribution in [0.25, 0.3) is 0 Å². The fourth-order valence-electron chi connectivity index (χ4n) is 4.19. The summed E-state index contributed by atoms with van der Waals surface area (Å²) in [6.07, 6.45) is 2.13. The molecule has 36 heavy (non-hydrogen) atoms. The molecule has 0 aromatic heterocycles. The largest absolute Gasteiger partial charge is 0.352 e. The van der Waals surface area contributed by atoms with Crippen molar-refractivity contribution in [2.75, 3.05) is 17.1 Å². The SMILES string of the molecule is CC[C@H](C(=O)NC(C)C)N(Cc1cccc(C)c1)C(=O)CCCN(c1ccc(C)c(C)c1)S(C)(=O)=O. The molecule has 0 radical (unpaired) electrons. The van der Waals surface area contributed by atoms with Gasteiger partial charge in [-0.05, 0) is 76.3 Å². The van der Waals surface area contributed by atoms with E-state index in [1.807, 2.05) is 77.9 Å². The molecule has 2 rings (SSSR count). The molecule has 2 aromatic carbocycles. The lowest BCUT2D eigenvalue weighted by molar-refractivity contribution is -0.141. The summed E-state index contributed by atoms with van der Waals surface area (Å²) in [4.78, 5) is 28.1. The van der Waals surface area contributed by atoms with Crippen LogP contribution >= 0.6 is 0 Å². The molecule has 0 fully saturated rings. The van der Waals surface area contributed by atoms with Gasteiger partial charge in [-0.25, -0.2) is 8.42 Å². The number of aryl methyl sites for hydroxylation is 3. The van der Waals surface area contributed by atoms with Gasteiger partial charge in [0.2, 0.25) is 21.8 Å². The molecule has 0 heterocycles. The molecule has 0 aliphatic rings. The first-order valence-corrected chi connectivity index (χ1v) is 14.4. The van der Waals surface area contributed by atoms with E-state index < -0.39 is 16.1 Å². The highest BCUT2D eigenvalue weighted by atomic mass is 32.2. The highest BCUT2D eigenvalue weighted by Gasteiger charge is 2.29. The summed E-state index contributed by atoms with van der Waals surface area (Å²) >= 11 is 0. The number of nitrogens with zero attached hydrogens (tertiary/aromatic N) is 2. The van der Waals surface area contributed by atoms with E-state index in [-0.39, 0.29) is 30.8 Å². The smallest absolute Gasteiger partial charge is 0.243 e. The number of carbonyl (C=O) groups is 2. The Balaban J connectivity index is 2.23. The molecule has 0 aliphatic carbocycles. The van der Waals surface area contributed by atoms with Crippen molar-refractivity contribution in [2.45, 2.75) is 79.4 Å². The van der Waals surface area contributed by atoms with E-state index in [0.29, 0.717) is 25.1 Å². The molecule has 0 unspecified atom stereocenters. The van der Waals surface area contributed by atoms with Crippen LogP contribution in [-0.2, 0) is 26.2 Å². The van der Waals surface area contributed by atoms with Gasteiger partial charge in [0, 0.05) is 25.6 Å². The fourth-order valence-corrected chi connectivity index (χ4v) is 5.15. The number of sulfonamides is 1. The fraction of sp³-hybridized carbons (Fsp3) is 0.500. The molecule has 0 saturated heterocycles. The highest BCUT2D eigenvalue weighted by Crippen LogP contribution is 2.22. The average Bonchev–Trinajstić information content (AvgIpc) is 2.77. The monoisotopic (exact) mass is 515 g/mol. The Morgan fingerprint density at radius 2 is 1.69 bits per heavy atom. The molecule has 8 heteroatoms. The number of anilines is 1. The third-order valence-electron chi connectivity index (χ3n) is 6.18. The summed E-state index contributed by atoms with van der Waals surface area (Å²) in [5.74, 6) is -0.350. The number of carbonyl (C=O) groups excluding carboxylic acids is 2.